The monoisotopic (exact) mass is 356 g/mol. The van der Waals surface area contributed by atoms with Crippen molar-refractivity contribution in [3.8, 4) is 17.8 Å². The highest BCUT2D eigenvalue weighted by Gasteiger charge is 2.11. The van der Waals surface area contributed by atoms with Gasteiger partial charge in [-0.25, -0.2) is 4.39 Å². The predicted octanol–water partition coefficient (Wildman–Crippen LogP) is 3.40. The third-order valence-electron chi connectivity index (χ3n) is 2.35. The van der Waals surface area contributed by atoms with Crippen molar-refractivity contribution in [2.45, 2.75) is 13.3 Å². The minimum Gasteiger partial charge on any atom is -0.463 e. The number of benzene rings is 1. The van der Waals surface area contributed by atoms with E-state index in [0.717, 1.165) is 6.42 Å². The van der Waals surface area contributed by atoms with Crippen LogP contribution in [0, 0.1) is 5.82 Å². The second kappa shape index (κ2) is 7.16. The maximum Gasteiger partial charge on any atom is 0.330 e. The van der Waals surface area contributed by atoms with Crippen molar-refractivity contribution < 1.29 is 13.9 Å². The lowest BCUT2D eigenvalue weighted by Gasteiger charge is -2.09. The first kappa shape index (κ1) is 15.4. The van der Waals surface area contributed by atoms with Crippen LogP contribution in [0.5, 0.6) is 17.8 Å². The van der Waals surface area contributed by atoms with Crippen molar-refractivity contribution in [2.24, 2.45) is 0 Å². The Morgan fingerprint density at radius 3 is 2.71 bits per heavy atom. The van der Waals surface area contributed by atoms with Crippen LogP contribution in [0.25, 0.3) is 0 Å². The highest BCUT2D eigenvalue weighted by molar-refractivity contribution is 9.10. The molecule has 0 aliphatic carbocycles. The van der Waals surface area contributed by atoms with Crippen LogP contribution in [0.15, 0.2) is 22.7 Å². The highest BCUT2D eigenvalue weighted by atomic mass is 79.9. The summed E-state index contributed by atoms with van der Waals surface area (Å²) >= 11 is 3.27. The summed E-state index contributed by atoms with van der Waals surface area (Å²) in [5.74, 6) is 0.155. The summed E-state index contributed by atoms with van der Waals surface area (Å²) in [6.45, 7) is 2.46. The lowest BCUT2D eigenvalue weighted by molar-refractivity contribution is 0.285. The van der Waals surface area contributed by atoms with Gasteiger partial charge in [-0.2, -0.15) is 9.97 Å². The summed E-state index contributed by atoms with van der Waals surface area (Å²) < 4.78 is 24.7. The molecular formula is C13H14BrFN4O2. The normalized spacial score (nSPS) is 10.3. The largest absolute Gasteiger partial charge is 0.463 e. The molecule has 0 unspecified atom stereocenters. The standard InChI is InChI=1S/C13H14BrFN4O2/c1-3-6-20-12-17-11(16-2)18-13(19-12)21-10-7-8(15)4-5-9(10)14/h4-5,7H,3,6H2,1-2H3,(H,16,17,18,19). The molecule has 6 nitrogen and oxygen atoms in total. The van der Waals surface area contributed by atoms with E-state index in [0.29, 0.717) is 17.0 Å². The quantitative estimate of drug-likeness (QED) is 0.855. The smallest absolute Gasteiger partial charge is 0.330 e. The van der Waals surface area contributed by atoms with Gasteiger partial charge in [0.2, 0.25) is 5.95 Å². The van der Waals surface area contributed by atoms with Crippen LogP contribution in [0.2, 0.25) is 0 Å². The molecule has 1 N–H and O–H groups in total. The fourth-order valence-corrected chi connectivity index (χ4v) is 1.73. The lowest BCUT2D eigenvalue weighted by Crippen LogP contribution is -2.06. The molecule has 0 saturated carbocycles. The fourth-order valence-electron chi connectivity index (χ4n) is 1.41. The summed E-state index contributed by atoms with van der Waals surface area (Å²) in [5, 5.41) is 2.79. The second-order valence-electron chi connectivity index (χ2n) is 4.00. The number of ether oxygens (including phenoxy) is 2. The van der Waals surface area contributed by atoms with E-state index < -0.39 is 5.82 Å². The number of hydrogen-bond acceptors (Lipinski definition) is 6. The molecule has 0 aliphatic rings. The summed E-state index contributed by atoms with van der Waals surface area (Å²) in [6.07, 6.45) is 0.826. The molecule has 2 aromatic rings. The molecule has 0 amide bonds. The Bertz CT molecular complexity index is 627. The van der Waals surface area contributed by atoms with Gasteiger partial charge in [0.25, 0.3) is 0 Å². The van der Waals surface area contributed by atoms with Gasteiger partial charge in [-0.15, -0.1) is 4.98 Å². The summed E-state index contributed by atoms with van der Waals surface area (Å²) in [6, 6.07) is 4.27. The second-order valence-corrected chi connectivity index (χ2v) is 4.85. The topological polar surface area (TPSA) is 69.2 Å². The van der Waals surface area contributed by atoms with Gasteiger partial charge in [0.15, 0.2) is 0 Å². The Morgan fingerprint density at radius 1 is 1.24 bits per heavy atom. The SMILES string of the molecule is CCCOc1nc(NC)nc(Oc2cc(F)ccc2Br)n1. The molecule has 0 fully saturated rings. The molecule has 0 atom stereocenters. The minimum absolute atomic E-state index is 0.0201. The first-order valence-corrected chi connectivity index (χ1v) is 7.11. The molecular weight excluding hydrogens is 343 g/mol. The Morgan fingerprint density at radius 2 is 2.00 bits per heavy atom. The number of hydrogen-bond donors (Lipinski definition) is 1. The number of anilines is 1. The van der Waals surface area contributed by atoms with Crippen LogP contribution in [0.1, 0.15) is 13.3 Å². The van der Waals surface area contributed by atoms with E-state index in [1.807, 2.05) is 6.92 Å². The fraction of sp³-hybridized carbons (Fsp3) is 0.308. The van der Waals surface area contributed by atoms with Crippen molar-refractivity contribution in [3.05, 3.63) is 28.5 Å². The molecule has 0 radical (unpaired) electrons. The molecule has 0 bridgehead atoms. The Balaban J connectivity index is 2.27. The average Bonchev–Trinajstić information content (AvgIpc) is 2.48. The molecule has 1 heterocycles. The maximum absolute atomic E-state index is 13.3. The Kier molecular flexibility index (Phi) is 5.26. The first-order valence-electron chi connectivity index (χ1n) is 6.32. The summed E-state index contributed by atoms with van der Waals surface area (Å²) in [7, 11) is 1.67. The molecule has 1 aromatic carbocycles. The summed E-state index contributed by atoms with van der Waals surface area (Å²) in [4.78, 5) is 12.1. The van der Waals surface area contributed by atoms with Gasteiger partial charge in [-0.3, -0.25) is 0 Å². The van der Waals surface area contributed by atoms with Gasteiger partial charge in [-0.05, 0) is 34.5 Å². The van der Waals surface area contributed by atoms with Gasteiger partial charge in [0.05, 0.1) is 11.1 Å². The zero-order chi connectivity index (χ0) is 15.2. The molecule has 2 rings (SSSR count). The van der Waals surface area contributed by atoms with Gasteiger partial charge in [0, 0.05) is 13.1 Å². The van der Waals surface area contributed by atoms with Gasteiger partial charge < -0.3 is 14.8 Å². The molecule has 1 aromatic heterocycles. The van der Waals surface area contributed by atoms with Gasteiger partial charge in [0.1, 0.15) is 11.6 Å². The summed E-state index contributed by atoms with van der Waals surface area (Å²) in [5.41, 5.74) is 0. The average molecular weight is 357 g/mol. The predicted molar refractivity (Wildman–Crippen MR) is 79.3 cm³/mol. The third kappa shape index (κ3) is 4.25. The molecule has 0 saturated heterocycles. The van der Waals surface area contributed by atoms with Crippen molar-refractivity contribution in [3.63, 3.8) is 0 Å². The molecule has 0 aliphatic heterocycles. The Hall–Kier alpha value is -1.96. The number of aromatic nitrogens is 3. The van der Waals surface area contributed by atoms with E-state index >= 15 is 0 Å². The minimum atomic E-state index is -0.418. The van der Waals surface area contributed by atoms with Crippen molar-refractivity contribution in [1.29, 1.82) is 0 Å². The van der Waals surface area contributed by atoms with Gasteiger partial charge in [-0.1, -0.05) is 6.92 Å². The number of nitrogens with zero attached hydrogens (tertiary/aromatic N) is 3. The molecule has 21 heavy (non-hydrogen) atoms. The molecule has 112 valence electrons. The molecule has 8 heteroatoms. The lowest BCUT2D eigenvalue weighted by atomic mass is 10.3. The van der Waals surface area contributed by atoms with Crippen LogP contribution in [-0.4, -0.2) is 28.6 Å². The zero-order valence-corrected chi connectivity index (χ0v) is 13.1. The number of rotatable bonds is 6. The Labute approximate surface area is 129 Å². The van der Waals surface area contributed by atoms with E-state index in [1.165, 1.54) is 12.1 Å². The number of nitrogens with one attached hydrogen (secondary N) is 1. The molecule has 0 spiro atoms. The van der Waals surface area contributed by atoms with Crippen LogP contribution in [0.4, 0.5) is 10.3 Å². The van der Waals surface area contributed by atoms with E-state index in [2.05, 4.69) is 36.2 Å². The highest BCUT2D eigenvalue weighted by Crippen LogP contribution is 2.29. The van der Waals surface area contributed by atoms with E-state index in [9.17, 15) is 4.39 Å². The zero-order valence-electron chi connectivity index (χ0n) is 11.6. The van der Waals surface area contributed by atoms with Gasteiger partial charge >= 0.3 is 12.0 Å². The van der Waals surface area contributed by atoms with Crippen molar-refractivity contribution >= 4 is 21.9 Å². The van der Waals surface area contributed by atoms with Crippen molar-refractivity contribution in [1.82, 2.24) is 15.0 Å². The maximum atomic E-state index is 13.3. The van der Waals surface area contributed by atoms with E-state index in [-0.39, 0.29) is 17.8 Å². The van der Waals surface area contributed by atoms with Crippen molar-refractivity contribution in [2.75, 3.05) is 19.0 Å². The first-order chi connectivity index (χ1) is 10.1. The van der Waals surface area contributed by atoms with Crippen LogP contribution in [-0.2, 0) is 0 Å². The number of halogens is 2. The van der Waals surface area contributed by atoms with E-state index in [4.69, 9.17) is 9.47 Å². The van der Waals surface area contributed by atoms with Crippen LogP contribution < -0.4 is 14.8 Å². The van der Waals surface area contributed by atoms with Crippen LogP contribution in [0.3, 0.4) is 0 Å². The van der Waals surface area contributed by atoms with Crippen LogP contribution >= 0.6 is 15.9 Å². The van der Waals surface area contributed by atoms with E-state index in [1.54, 1.807) is 13.1 Å². The third-order valence-corrected chi connectivity index (χ3v) is 3.00.